The van der Waals surface area contributed by atoms with Gasteiger partial charge in [-0.15, -0.1) is 0 Å². The van der Waals surface area contributed by atoms with Crippen molar-refractivity contribution in [2.24, 2.45) is 0 Å². The molecule has 0 bridgehead atoms. The Bertz CT molecular complexity index is 655. The van der Waals surface area contributed by atoms with Crippen molar-refractivity contribution in [2.45, 2.75) is 38.6 Å². The number of hydrogen-bond donors (Lipinski definition) is 2. The summed E-state index contributed by atoms with van der Waals surface area (Å²) in [7, 11) is -3.13. The van der Waals surface area contributed by atoms with Gasteiger partial charge in [-0.05, 0) is 44.2 Å². The van der Waals surface area contributed by atoms with Crippen LogP contribution in [0.4, 0.5) is 5.82 Å². The lowest BCUT2D eigenvalue weighted by Crippen LogP contribution is -2.27. The number of pyridine rings is 1. The number of anilines is 1. The molecule has 1 aliphatic rings. The van der Waals surface area contributed by atoms with E-state index in [4.69, 9.17) is 0 Å². The first-order valence-electron chi connectivity index (χ1n) is 6.96. The van der Waals surface area contributed by atoms with Crippen LogP contribution in [-0.2, 0) is 22.7 Å². The lowest BCUT2D eigenvalue weighted by molar-refractivity contribution is 0.0697. The van der Waals surface area contributed by atoms with Gasteiger partial charge in [-0.2, -0.15) is 0 Å². The Labute approximate surface area is 124 Å². The minimum atomic E-state index is -3.13. The smallest absolute Gasteiger partial charge is 0.339 e. The zero-order chi connectivity index (χ0) is 15.6. The number of fused-ring (bicyclic) bond motifs is 1. The summed E-state index contributed by atoms with van der Waals surface area (Å²) in [5.74, 6) is -0.852. The summed E-state index contributed by atoms with van der Waals surface area (Å²) >= 11 is 0. The molecule has 1 atom stereocenters. The van der Waals surface area contributed by atoms with E-state index < -0.39 is 21.8 Å². The molecule has 1 aromatic rings. The average molecular weight is 312 g/mol. The van der Waals surface area contributed by atoms with Crippen molar-refractivity contribution < 1.29 is 18.3 Å². The lowest BCUT2D eigenvalue weighted by Gasteiger charge is -2.20. The Balaban J connectivity index is 2.31. The molecule has 0 fully saturated rings. The number of carboxylic acid groups (broad SMARTS) is 1. The third kappa shape index (κ3) is 4.17. The summed E-state index contributed by atoms with van der Waals surface area (Å²) in [4.78, 5) is 15.8. The minimum absolute atomic E-state index is 0.0647. The van der Waals surface area contributed by atoms with Crippen LogP contribution in [-0.4, -0.2) is 42.5 Å². The van der Waals surface area contributed by atoms with Crippen molar-refractivity contribution >= 4 is 21.6 Å². The third-order valence-electron chi connectivity index (χ3n) is 3.47. The van der Waals surface area contributed by atoms with Crippen molar-refractivity contribution in [1.82, 2.24) is 4.98 Å². The number of nitrogens with one attached hydrogen (secondary N) is 1. The summed E-state index contributed by atoms with van der Waals surface area (Å²) in [6.45, 7) is 1.70. The Morgan fingerprint density at radius 1 is 1.43 bits per heavy atom. The predicted molar refractivity (Wildman–Crippen MR) is 80.6 cm³/mol. The molecule has 1 unspecified atom stereocenters. The largest absolute Gasteiger partial charge is 0.478 e. The van der Waals surface area contributed by atoms with Gasteiger partial charge >= 0.3 is 5.97 Å². The molecule has 0 saturated heterocycles. The highest BCUT2D eigenvalue weighted by Gasteiger charge is 2.20. The maximum absolute atomic E-state index is 11.4. The number of aryl methyl sites for hydroxylation is 2. The normalized spacial score (nSPS) is 16.1. The van der Waals surface area contributed by atoms with Crippen LogP contribution in [0.2, 0.25) is 0 Å². The van der Waals surface area contributed by atoms with Crippen LogP contribution in [0.5, 0.6) is 0 Å². The zero-order valence-corrected chi connectivity index (χ0v) is 13.0. The van der Waals surface area contributed by atoms with E-state index >= 15 is 0 Å². The molecular weight excluding hydrogens is 292 g/mol. The molecule has 116 valence electrons. The van der Waals surface area contributed by atoms with E-state index in [1.807, 2.05) is 0 Å². The summed E-state index contributed by atoms with van der Waals surface area (Å²) < 4.78 is 22.6. The second-order valence-electron chi connectivity index (χ2n) is 5.64. The molecule has 0 radical (unpaired) electrons. The predicted octanol–water partition coefficient (Wildman–Crippen LogP) is 1.50. The van der Waals surface area contributed by atoms with Gasteiger partial charge in [-0.25, -0.2) is 18.2 Å². The second-order valence-corrected chi connectivity index (χ2v) is 7.83. The molecule has 0 aliphatic heterocycles. The Hall–Kier alpha value is -1.63. The van der Waals surface area contributed by atoms with Crippen LogP contribution in [0, 0.1) is 0 Å². The first-order valence-corrected chi connectivity index (χ1v) is 9.02. The Morgan fingerprint density at radius 2 is 2.10 bits per heavy atom. The van der Waals surface area contributed by atoms with E-state index in [0.717, 1.165) is 43.2 Å². The monoisotopic (exact) mass is 312 g/mol. The highest BCUT2D eigenvalue weighted by Crippen LogP contribution is 2.25. The first-order chi connectivity index (χ1) is 9.76. The molecule has 0 aromatic carbocycles. The SMILES string of the molecule is CC(CS(C)(=O)=O)Nc1nc2c(cc1C(=O)O)CCCC2. The van der Waals surface area contributed by atoms with Gasteiger partial charge in [0.15, 0.2) is 0 Å². The molecule has 6 nitrogen and oxygen atoms in total. The van der Waals surface area contributed by atoms with Crippen molar-refractivity contribution in [3.05, 3.63) is 22.9 Å². The van der Waals surface area contributed by atoms with Gasteiger partial charge in [0.05, 0.1) is 5.75 Å². The molecule has 1 heterocycles. The van der Waals surface area contributed by atoms with Crippen LogP contribution < -0.4 is 5.32 Å². The van der Waals surface area contributed by atoms with Crippen molar-refractivity contribution in [3.8, 4) is 0 Å². The molecule has 1 aromatic heterocycles. The highest BCUT2D eigenvalue weighted by atomic mass is 32.2. The molecule has 1 aliphatic carbocycles. The Kier molecular flexibility index (Phi) is 4.51. The maximum Gasteiger partial charge on any atom is 0.339 e. The summed E-state index contributed by atoms with van der Waals surface area (Å²) in [6, 6.07) is 1.27. The molecule has 2 N–H and O–H groups in total. The van der Waals surface area contributed by atoms with Crippen LogP contribution in [0.15, 0.2) is 6.07 Å². The third-order valence-corrected chi connectivity index (χ3v) is 4.57. The van der Waals surface area contributed by atoms with Gasteiger partial charge in [0, 0.05) is 18.0 Å². The van der Waals surface area contributed by atoms with E-state index in [9.17, 15) is 18.3 Å². The van der Waals surface area contributed by atoms with E-state index in [-0.39, 0.29) is 17.1 Å². The molecule has 21 heavy (non-hydrogen) atoms. The molecule has 0 saturated carbocycles. The standard InChI is InChI=1S/C14H20N2O4S/c1-9(8-21(2,19)20)15-13-11(14(17)18)7-10-5-3-4-6-12(10)16-13/h7,9H,3-6,8H2,1-2H3,(H,15,16)(H,17,18). The zero-order valence-electron chi connectivity index (χ0n) is 12.2. The highest BCUT2D eigenvalue weighted by molar-refractivity contribution is 7.90. The van der Waals surface area contributed by atoms with E-state index in [0.29, 0.717) is 0 Å². The second kappa shape index (κ2) is 6.01. The van der Waals surface area contributed by atoms with Crippen LogP contribution >= 0.6 is 0 Å². The molecule has 2 rings (SSSR count). The fourth-order valence-electron chi connectivity index (χ4n) is 2.64. The van der Waals surface area contributed by atoms with Gasteiger partial charge in [-0.1, -0.05) is 0 Å². The van der Waals surface area contributed by atoms with E-state index in [2.05, 4.69) is 10.3 Å². The minimum Gasteiger partial charge on any atom is -0.478 e. The number of rotatable bonds is 5. The topological polar surface area (TPSA) is 96.4 Å². The maximum atomic E-state index is 11.4. The quantitative estimate of drug-likeness (QED) is 0.855. The fraction of sp³-hybridized carbons (Fsp3) is 0.571. The number of aromatic nitrogens is 1. The van der Waals surface area contributed by atoms with Crippen molar-refractivity contribution in [3.63, 3.8) is 0 Å². The van der Waals surface area contributed by atoms with Crippen molar-refractivity contribution in [1.29, 1.82) is 0 Å². The van der Waals surface area contributed by atoms with E-state index in [1.165, 1.54) is 0 Å². The number of sulfone groups is 1. The van der Waals surface area contributed by atoms with Crippen molar-refractivity contribution in [2.75, 3.05) is 17.3 Å². The van der Waals surface area contributed by atoms with Crippen LogP contribution in [0.3, 0.4) is 0 Å². The number of aromatic carboxylic acids is 1. The summed E-state index contributed by atoms with van der Waals surface area (Å²) in [5, 5.41) is 12.2. The number of carboxylic acids is 1. The lowest BCUT2D eigenvalue weighted by atomic mass is 9.94. The molecule has 7 heteroatoms. The Morgan fingerprint density at radius 3 is 2.71 bits per heavy atom. The molecule has 0 spiro atoms. The van der Waals surface area contributed by atoms with Gasteiger partial charge < -0.3 is 10.4 Å². The van der Waals surface area contributed by atoms with Gasteiger partial charge in [0.2, 0.25) is 0 Å². The van der Waals surface area contributed by atoms with Gasteiger partial charge in [-0.3, -0.25) is 0 Å². The van der Waals surface area contributed by atoms with Crippen LogP contribution in [0.1, 0.15) is 41.4 Å². The summed E-state index contributed by atoms with van der Waals surface area (Å²) in [5.41, 5.74) is 2.01. The number of hydrogen-bond acceptors (Lipinski definition) is 5. The first kappa shape index (κ1) is 15.8. The fourth-order valence-corrected chi connectivity index (χ4v) is 3.63. The molecular formula is C14H20N2O4S. The average Bonchev–Trinajstić information content (AvgIpc) is 2.35. The number of nitrogens with zero attached hydrogens (tertiary/aromatic N) is 1. The number of carbonyl (C=O) groups is 1. The van der Waals surface area contributed by atoms with Gasteiger partial charge in [0.25, 0.3) is 0 Å². The van der Waals surface area contributed by atoms with Crippen LogP contribution in [0.25, 0.3) is 0 Å². The summed E-state index contributed by atoms with van der Waals surface area (Å²) in [6.07, 6.45) is 4.94. The van der Waals surface area contributed by atoms with E-state index in [1.54, 1.807) is 13.0 Å². The van der Waals surface area contributed by atoms with Gasteiger partial charge in [0.1, 0.15) is 21.2 Å². The molecule has 0 amide bonds.